The first-order chi connectivity index (χ1) is 8.16. The molecule has 3 aromatic rings. The Morgan fingerprint density at radius 1 is 1.35 bits per heavy atom. The zero-order valence-corrected chi connectivity index (χ0v) is 8.59. The summed E-state index contributed by atoms with van der Waals surface area (Å²) in [7, 11) is 0. The van der Waals surface area contributed by atoms with Crippen LogP contribution in [0.25, 0.3) is 16.4 Å². The number of pyridine rings is 1. The minimum atomic E-state index is -1.13. The number of carboxylic acids is 1. The molecule has 0 spiro atoms. The van der Waals surface area contributed by atoms with Gasteiger partial charge in [-0.25, -0.2) is 14.2 Å². The molecule has 0 unspecified atom stereocenters. The lowest BCUT2D eigenvalue weighted by Crippen LogP contribution is -1.95. The minimum absolute atomic E-state index is 0.0965. The van der Waals surface area contributed by atoms with Crippen molar-refractivity contribution in [3.63, 3.8) is 0 Å². The van der Waals surface area contributed by atoms with Gasteiger partial charge < -0.3 is 9.51 Å². The van der Waals surface area contributed by atoms with Crippen molar-refractivity contribution in [2.75, 3.05) is 0 Å². The monoisotopic (exact) mass is 230 g/mol. The highest BCUT2D eigenvalue weighted by atomic mass is 19.1. The quantitative estimate of drug-likeness (QED) is 0.698. The number of halogens is 1. The van der Waals surface area contributed by atoms with Gasteiger partial charge >= 0.3 is 5.97 Å². The molecule has 2 aromatic heterocycles. The Balaban J connectivity index is 2.50. The number of hydrogen-bond donors (Lipinski definition) is 1. The van der Waals surface area contributed by atoms with Crippen LogP contribution in [0.4, 0.5) is 4.39 Å². The summed E-state index contributed by atoms with van der Waals surface area (Å²) in [5.74, 6) is -1.53. The van der Waals surface area contributed by atoms with Gasteiger partial charge in [0.15, 0.2) is 5.69 Å². The Hall–Kier alpha value is -2.43. The first-order valence-electron chi connectivity index (χ1n) is 4.96. The fourth-order valence-corrected chi connectivity index (χ4v) is 1.87. The summed E-state index contributed by atoms with van der Waals surface area (Å²) >= 11 is 0. The number of fused-ring (bicyclic) bond motifs is 3. The molecule has 0 fully saturated rings. The van der Waals surface area contributed by atoms with E-state index in [4.69, 9.17) is 5.11 Å². The molecule has 0 bridgehead atoms. The molecular formula is C12H7FN2O2. The van der Waals surface area contributed by atoms with E-state index in [9.17, 15) is 9.18 Å². The zero-order chi connectivity index (χ0) is 12.0. The van der Waals surface area contributed by atoms with Crippen LogP contribution in [0, 0.1) is 5.82 Å². The van der Waals surface area contributed by atoms with Crippen LogP contribution in [-0.2, 0) is 0 Å². The summed E-state index contributed by atoms with van der Waals surface area (Å²) in [6.07, 6.45) is 3.03. The molecule has 0 saturated heterocycles. The number of benzene rings is 1. The largest absolute Gasteiger partial charge is 0.476 e. The van der Waals surface area contributed by atoms with Crippen molar-refractivity contribution in [1.29, 1.82) is 0 Å². The van der Waals surface area contributed by atoms with Gasteiger partial charge in [0.2, 0.25) is 0 Å². The molecule has 17 heavy (non-hydrogen) atoms. The van der Waals surface area contributed by atoms with Gasteiger partial charge in [0.25, 0.3) is 0 Å². The van der Waals surface area contributed by atoms with Gasteiger partial charge in [0, 0.05) is 12.4 Å². The van der Waals surface area contributed by atoms with Crippen molar-refractivity contribution < 1.29 is 14.3 Å². The van der Waals surface area contributed by atoms with E-state index in [1.54, 1.807) is 24.4 Å². The molecule has 1 N–H and O–H groups in total. The van der Waals surface area contributed by atoms with Gasteiger partial charge in [-0.2, -0.15) is 0 Å². The van der Waals surface area contributed by atoms with E-state index in [1.807, 2.05) is 0 Å². The van der Waals surface area contributed by atoms with E-state index in [0.717, 1.165) is 0 Å². The molecule has 0 radical (unpaired) electrons. The molecule has 0 atom stereocenters. The molecular weight excluding hydrogens is 223 g/mol. The Bertz CT molecular complexity index is 749. The molecule has 4 nitrogen and oxygen atoms in total. The van der Waals surface area contributed by atoms with E-state index < -0.39 is 11.8 Å². The summed E-state index contributed by atoms with van der Waals surface area (Å²) in [4.78, 5) is 14.7. The van der Waals surface area contributed by atoms with Crippen LogP contribution < -0.4 is 0 Å². The SMILES string of the molecule is O=C(O)c1cn2ccc3cccc(F)c3c2n1. The maximum atomic E-state index is 13.7. The standard InChI is InChI=1S/C12H7FN2O2/c13-8-3-1-2-7-4-5-15-6-9(12(16)17)14-11(15)10(7)8/h1-6H,(H,16,17). The van der Waals surface area contributed by atoms with Crippen LogP contribution in [0.1, 0.15) is 10.5 Å². The average molecular weight is 230 g/mol. The third kappa shape index (κ3) is 1.36. The minimum Gasteiger partial charge on any atom is -0.476 e. The number of aromatic nitrogens is 2. The third-order valence-electron chi connectivity index (χ3n) is 2.64. The number of rotatable bonds is 1. The van der Waals surface area contributed by atoms with E-state index in [0.29, 0.717) is 16.4 Å². The van der Waals surface area contributed by atoms with Crippen LogP contribution in [0.2, 0.25) is 0 Å². The number of hydrogen-bond acceptors (Lipinski definition) is 2. The van der Waals surface area contributed by atoms with Gasteiger partial charge in [0.05, 0.1) is 5.39 Å². The fraction of sp³-hybridized carbons (Fsp3) is 0. The van der Waals surface area contributed by atoms with Crippen molar-refractivity contribution in [2.24, 2.45) is 0 Å². The van der Waals surface area contributed by atoms with Gasteiger partial charge in [-0.05, 0) is 17.5 Å². The lowest BCUT2D eigenvalue weighted by molar-refractivity contribution is 0.0691. The highest BCUT2D eigenvalue weighted by Gasteiger charge is 2.12. The zero-order valence-electron chi connectivity index (χ0n) is 8.59. The third-order valence-corrected chi connectivity index (χ3v) is 2.64. The summed E-state index contributed by atoms with van der Waals surface area (Å²) < 4.78 is 15.2. The number of nitrogens with zero attached hydrogens (tertiary/aromatic N) is 2. The number of imidazole rings is 1. The van der Waals surface area contributed by atoms with E-state index in [2.05, 4.69) is 4.98 Å². The number of carboxylic acid groups (broad SMARTS) is 1. The number of aromatic carboxylic acids is 1. The average Bonchev–Trinajstić information content (AvgIpc) is 2.73. The molecule has 0 aliphatic rings. The molecule has 0 amide bonds. The van der Waals surface area contributed by atoms with E-state index in [1.165, 1.54) is 16.7 Å². The van der Waals surface area contributed by atoms with Crippen molar-refractivity contribution in [3.8, 4) is 0 Å². The van der Waals surface area contributed by atoms with Gasteiger partial charge in [-0.15, -0.1) is 0 Å². The summed E-state index contributed by atoms with van der Waals surface area (Å²) in [5, 5.41) is 9.89. The predicted octanol–water partition coefficient (Wildman–Crippen LogP) is 2.32. The number of carbonyl (C=O) groups is 1. The maximum Gasteiger partial charge on any atom is 0.356 e. The van der Waals surface area contributed by atoms with Crippen LogP contribution in [0.5, 0.6) is 0 Å². The summed E-state index contributed by atoms with van der Waals surface area (Å²) in [6, 6.07) is 6.42. The van der Waals surface area contributed by atoms with E-state index >= 15 is 0 Å². The second-order valence-corrected chi connectivity index (χ2v) is 3.68. The van der Waals surface area contributed by atoms with Gasteiger partial charge in [-0.1, -0.05) is 12.1 Å². The van der Waals surface area contributed by atoms with Crippen LogP contribution in [-0.4, -0.2) is 20.5 Å². The first-order valence-corrected chi connectivity index (χ1v) is 4.96. The van der Waals surface area contributed by atoms with Crippen LogP contribution in [0.15, 0.2) is 36.7 Å². The second kappa shape index (κ2) is 3.28. The highest BCUT2D eigenvalue weighted by Crippen LogP contribution is 2.22. The van der Waals surface area contributed by atoms with Crippen molar-refractivity contribution >= 4 is 22.4 Å². The van der Waals surface area contributed by atoms with Gasteiger partial charge in [-0.3, -0.25) is 0 Å². The fourth-order valence-electron chi connectivity index (χ4n) is 1.87. The Kier molecular flexibility index (Phi) is 1.89. The summed E-state index contributed by atoms with van der Waals surface area (Å²) in [5.41, 5.74) is 0.221. The van der Waals surface area contributed by atoms with Crippen molar-refractivity contribution in [2.45, 2.75) is 0 Å². The smallest absolute Gasteiger partial charge is 0.356 e. The van der Waals surface area contributed by atoms with Crippen LogP contribution in [0.3, 0.4) is 0 Å². The molecule has 5 heteroatoms. The molecule has 0 saturated carbocycles. The predicted molar refractivity (Wildman–Crippen MR) is 59.6 cm³/mol. The lowest BCUT2D eigenvalue weighted by atomic mass is 10.1. The molecule has 1 aromatic carbocycles. The topological polar surface area (TPSA) is 54.6 Å². The molecule has 2 heterocycles. The van der Waals surface area contributed by atoms with Crippen molar-refractivity contribution in [1.82, 2.24) is 9.38 Å². The Morgan fingerprint density at radius 3 is 2.94 bits per heavy atom. The first kappa shape index (κ1) is 9.77. The Labute approximate surface area is 94.9 Å². The highest BCUT2D eigenvalue weighted by molar-refractivity contribution is 5.96. The molecule has 0 aliphatic carbocycles. The second-order valence-electron chi connectivity index (χ2n) is 3.68. The van der Waals surface area contributed by atoms with E-state index in [-0.39, 0.29) is 5.69 Å². The molecule has 3 rings (SSSR count). The lowest BCUT2D eigenvalue weighted by Gasteiger charge is -2.00. The normalized spacial score (nSPS) is 11.1. The molecule has 84 valence electrons. The Morgan fingerprint density at radius 2 is 2.18 bits per heavy atom. The maximum absolute atomic E-state index is 13.7. The molecule has 0 aliphatic heterocycles. The van der Waals surface area contributed by atoms with Gasteiger partial charge in [0.1, 0.15) is 11.5 Å². The summed E-state index contributed by atoms with van der Waals surface area (Å²) in [6.45, 7) is 0. The van der Waals surface area contributed by atoms with Crippen molar-refractivity contribution in [3.05, 3.63) is 48.2 Å². The van der Waals surface area contributed by atoms with Crippen LogP contribution >= 0.6 is 0 Å².